The molecule has 1 aromatic carbocycles. The highest BCUT2D eigenvalue weighted by molar-refractivity contribution is 7.97. The van der Waals surface area contributed by atoms with Gasteiger partial charge in [0.15, 0.2) is 0 Å². The monoisotopic (exact) mass is 501 g/mol. The van der Waals surface area contributed by atoms with E-state index in [0.717, 1.165) is 56.9 Å². The van der Waals surface area contributed by atoms with Gasteiger partial charge in [-0.05, 0) is 73.7 Å². The van der Waals surface area contributed by atoms with Crippen molar-refractivity contribution in [2.75, 3.05) is 31.6 Å². The van der Waals surface area contributed by atoms with Gasteiger partial charge in [0.2, 0.25) is 0 Å². The molecule has 7 nitrogen and oxygen atoms in total. The molecule has 2 saturated heterocycles. The maximum Gasteiger partial charge on any atom is 0.287 e. The van der Waals surface area contributed by atoms with E-state index in [9.17, 15) is 4.79 Å². The van der Waals surface area contributed by atoms with Crippen LogP contribution in [0.2, 0.25) is 5.02 Å². The third kappa shape index (κ3) is 5.95. The maximum atomic E-state index is 13.1. The van der Waals surface area contributed by atoms with Gasteiger partial charge in [-0.15, -0.1) is 0 Å². The molecule has 2 fully saturated rings. The standard InChI is InChI=1S/C25H32ClN5O2S/c1-17(2)23-12-20(9-10-30(23)34-21-7-5-18(13-27)6-8-21)31-25(32)24(26)22(15-29-31)28-14-19-4-3-11-33-16-19/h5-8,15,17,19-20,23,28H,3-4,9-12,14,16H2,1-2H3/t19?,20-,23?/m1/s1. The second kappa shape index (κ2) is 11.6. The van der Waals surface area contributed by atoms with Crippen LogP contribution in [-0.2, 0) is 4.74 Å². The first-order valence-corrected chi connectivity index (χ1v) is 13.1. The Morgan fingerprint density at radius 1 is 1.32 bits per heavy atom. The summed E-state index contributed by atoms with van der Waals surface area (Å²) in [6.45, 7) is 7.56. The van der Waals surface area contributed by atoms with Gasteiger partial charge in [-0.25, -0.2) is 8.99 Å². The zero-order valence-corrected chi connectivity index (χ0v) is 21.3. The highest BCUT2D eigenvalue weighted by Gasteiger charge is 2.33. The smallest absolute Gasteiger partial charge is 0.287 e. The number of rotatable bonds is 7. The van der Waals surface area contributed by atoms with Crippen LogP contribution in [0.5, 0.6) is 0 Å². The fourth-order valence-electron chi connectivity index (χ4n) is 4.67. The van der Waals surface area contributed by atoms with Gasteiger partial charge in [0, 0.05) is 30.6 Å². The van der Waals surface area contributed by atoms with Gasteiger partial charge < -0.3 is 10.1 Å². The number of ether oxygens (including phenoxy) is 1. The predicted molar refractivity (Wildman–Crippen MR) is 136 cm³/mol. The van der Waals surface area contributed by atoms with Crippen molar-refractivity contribution >= 4 is 29.2 Å². The minimum Gasteiger partial charge on any atom is -0.382 e. The van der Waals surface area contributed by atoms with Crippen LogP contribution in [0.3, 0.4) is 0 Å². The molecule has 0 amide bonds. The molecule has 1 aromatic heterocycles. The van der Waals surface area contributed by atoms with Gasteiger partial charge in [-0.2, -0.15) is 10.4 Å². The molecule has 0 aliphatic carbocycles. The molecule has 0 spiro atoms. The number of anilines is 1. The van der Waals surface area contributed by atoms with Crippen LogP contribution in [-0.4, -0.2) is 46.4 Å². The summed E-state index contributed by atoms with van der Waals surface area (Å²) in [6, 6.07) is 10.1. The minimum atomic E-state index is -0.229. The van der Waals surface area contributed by atoms with Gasteiger partial charge in [0.05, 0.1) is 36.2 Å². The summed E-state index contributed by atoms with van der Waals surface area (Å²) in [4.78, 5) is 14.2. The lowest BCUT2D eigenvalue weighted by Crippen LogP contribution is -2.44. The maximum absolute atomic E-state index is 13.1. The van der Waals surface area contributed by atoms with Gasteiger partial charge in [0.1, 0.15) is 5.02 Å². The van der Waals surface area contributed by atoms with E-state index >= 15 is 0 Å². The van der Waals surface area contributed by atoms with Crippen molar-refractivity contribution in [2.45, 2.75) is 56.5 Å². The Hall–Kier alpha value is -2.05. The number of piperidine rings is 1. The number of halogens is 1. The number of nitrogens with zero attached hydrogens (tertiary/aromatic N) is 4. The molecule has 0 saturated carbocycles. The topological polar surface area (TPSA) is 83.2 Å². The van der Waals surface area contributed by atoms with Crippen molar-refractivity contribution in [3.8, 4) is 6.07 Å². The molecule has 1 N–H and O–H groups in total. The van der Waals surface area contributed by atoms with Crippen molar-refractivity contribution in [1.29, 1.82) is 5.26 Å². The van der Waals surface area contributed by atoms with Crippen LogP contribution in [0.25, 0.3) is 0 Å². The van der Waals surface area contributed by atoms with E-state index in [0.29, 0.717) is 23.1 Å². The largest absolute Gasteiger partial charge is 0.382 e. The molecule has 3 heterocycles. The molecular weight excluding hydrogens is 470 g/mol. The Morgan fingerprint density at radius 3 is 2.79 bits per heavy atom. The normalized spacial score (nSPS) is 23.6. The number of nitrogens with one attached hydrogen (secondary N) is 1. The average molecular weight is 502 g/mol. The molecule has 2 aliphatic heterocycles. The Labute approximate surface area is 210 Å². The van der Waals surface area contributed by atoms with Crippen LogP contribution < -0.4 is 10.9 Å². The summed E-state index contributed by atoms with van der Waals surface area (Å²) < 4.78 is 9.52. The highest BCUT2D eigenvalue weighted by atomic mass is 35.5. The summed E-state index contributed by atoms with van der Waals surface area (Å²) in [5, 5.41) is 17.1. The first-order chi connectivity index (χ1) is 16.5. The molecule has 0 bridgehead atoms. The highest BCUT2D eigenvalue weighted by Crippen LogP contribution is 2.37. The van der Waals surface area contributed by atoms with E-state index in [2.05, 4.69) is 34.6 Å². The minimum absolute atomic E-state index is 0.0102. The molecule has 182 valence electrons. The summed E-state index contributed by atoms with van der Waals surface area (Å²) in [6.07, 6.45) is 5.53. The van der Waals surface area contributed by atoms with Crippen LogP contribution in [0, 0.1) is 23.2 Å². The van der Waals surface area contributed by atoms with Gasteiger partial charge in [-0.3, -0.25) is 4.79 Å². The quantitative estimate of drug-likeness (QED) is 0.536. The zero-order chi connectivity index (χ0) is 24.1. The predicted octanol–water partition coefficient (Wildman–Crippen LogP) is 4.98. The number of hydrogen-bond acceptors (Lipinski definition) is 7. The molecule has 9 heteroatoms. The molecule has 34 heavy (non-hydrogen) atoms. The fourth-order valence-corrected chi connectivity index (χ4v) is 6.07. The number of nitriles is 1. The lowest BCUT2D eigenvalue weighted by molar-refractivity contribution is 0.0595. The van der Waals surface area contributed by atoms with Crippen molar-refractivity contribution in [2.24, 2.45) is 11.8 Å². The van der Waals surface area contributed by atoms with Gasteiger partial charge in [0.25, 0.3) is 5.56 Å². The van der Waals surface area contributed by atoms with Gasteiger partial charge >= 0.3 is 0 Å². The summed E-state index contributed by atoms with van der Waals surface area (Å²) in [5.74, 6) is 0.843. The van der Waals surface area contributed by atoms with E-state index in [1.165, 1.54) is 0 Å². The Kier molecular flexibility index (Phi) is 8.54. The SMILES string of the molecule is CC(C)C1C[C@H](n2ncc(NCC3CCCOC3)c(Cl)c2=O)CCN1Sc1ccc(C#N)cc1. The second-order valence-electron chi connectivity index (χ2n) is 9.44. The third-order valence-electron chi connectivity index (χ3n) is 6.67. The van der Waals surface area contributed by atoms with Crippen LogP contribution in [0.1, 0.15) is 51.1 Å². The van der Waals surface area contributed by atoms with Crippen LogP contribution in [0.15, 0.2) is 40.2 Å². The van der Waals surface area contributed by atoms with Crippen molar-refractivity contribution in [1.82, 2.24) is 14.1 Å². The molecule has 0 radical (unpaired) electrons. The molecule has 2 aromatic rings. The second-order valence-corrected chi connectivity index (χ2v) is 10.9. The lowest BCUT2D eigenvalue weighted by atomic mass is 9.91. The van der Waals surface area contributed by atoms with Crippen molar-refractivity contribution < 1.29 is 4.74 Å². The zero-order valence-electron chi connectivity index (χ0n) is 19.7. The number of benzene rings is 1. The first-order valence-electron chi connectivity index (χ1n) is 12.0. The van der Waals surface area contributed by atoms with Crippen LogP contribution >= 0.6 is 23.5 Å². The first kappa shape index (κ1) is 25.1. The third-order valence-corrected chi connectivity index (χ3v) is 8.20. The summed E-state index contributed by atoms with van der Waals surface area (Å²) >= 11 is 8.21. The number of hydrogen-bond donors (Lipinski definition) is 1. The molecule has 3 atom stereocenters. The lowest BCUT2D eigenvalue weighted by Gasteiger charge is -2.40. The fraction of sp³-hybridized carbons (Fsp3) is 0.560. The van der Waals surface area contributed by atoms with E-state index in [-0.39, 0.29) is 22.7 Å². The number of aromatic nitrogens is 2. The molecule has 4 rings (SSSR count). The van der Waals surface area contributed by atoms with Crippen molar-refractivity contribution in [3.63, 3.8) is 0 Å². The molecule has 2 unspecified atom stereocenters. The Bertz CT molecular complexity index is 1060. The van der Waals surface area contributed by atoms with E-state index in [4.69, 9.17) is 21.6 Å². The summed E-state index contributed by atoms with van der Waals surface area (Å²) in [7, 11) is 0. The van der Waals surface area contributed by atoms with E-state index in [1.807, 2.05) is 24.3 Å². The van der Waals surface area contributed by atoms with E-state index < -0.39 is 0 Å². The Balaban J connectivity index is 1.43. The van der Waals surface area contributed by atoms with Crippen molar-refractivity contribution in [3.05, 3.63) is 51.4 Å². The van der Waals surface area contributed by atoms with Crippen LogP contribution in [0.4, 0.5) is 5.69 Å². The molecular formula is C25H32ClN5O2S. The average Bonchev–Trinajstić information content (AvgIpc) is 2.86. The van der Waals surface area contributed by atoms with E-state index in [1.54, 1.807) is 22.8 Å². The summed E-state index contributed by atoms with van der Waals surface area (Å²) in [5.41, 5.74) is 1.03. The Morgan fingerprint density at radius 2 is 2.12 bits per heavy atom. The molecule has 2 aliphatic rings. The van der Waals surface area contributed by atoms with Gasteiger partial charge in [-0.1, -0.05) is 25.4 Å².